The molecule has 1 aromatic heterocycles. The van der Waals surface area contributed by atoms with Crippen molar-refractivity contribution in [1.82, 2.24) is 9.55 Å². The van der Waals surface area contributed by atoms with E-state index in [0.717, 1.165) is 12.1 Å². The number of benzene rings is 1. The Morgan fingerprint density at radius 2 is 2.06 bits per heavy atom. The molecule has 0 radical (unpaired) electrons. The molecule has 98 valence electrons. The lowest BCUT2D eigenvalue weighted by atomic mass is 9.82. The van der Waals surface area contributed by atoms with Crippen LogP contribution >= 0.6 is 0 Å². The maximum Gasteiger partial charge on any atom is 0.201 e. The number of rotatable bonds is 2. The number of fused-ring (bicyclic) bond motifs is 1. The van der Waals surface area contributed by atoms with E-state index < -0.39 is 0 Å². The Balaban J connectivity index is 2.46. The zero-order chi connectivity index (χ0) is 13.5. The topological polar surface area (TPSA) is 43.8 Å². The molecule has 3 nitrogen and oxygen atoms in total. The van der Waals surface area contributed by atoms with Gasteiger partial charge in [0.15, 0.2) is 5.82 Å². The summed E-state index contributed by atoms with van der Waals surface area (Å²) in [6.45, 7) is 9.48. The summed E-state index contributed by atoms with van der Waals surface area (Å²) >= 11 is 0. The van der Waals surface area contributed by atoms with E-state index in [0.29, 0.717) is 17.4 Å². The lowest BCUT2D eigenvalue weighted by molar-refractivity contribution is 0.236. The van der Waals surface area contributed by atoms with E-state index in [4.69, 9.17) is 5.73 Å². The molecule has 0 saturated carbocycles. The quantitative estimate of drug-likeness (QED) is 0.886. The molecular formula is C14H20FN3. The van der Waals surface area contributed by atoms with Crippen LogP contribution in [-0.2, 0) is 6.54 Å². The van der Waals surface area contributed by atoms with Crippen molar-refractivity contribution >= 4 is 17.0 Å². The average molecular weight is 249 g/mol. The number of imidazole rings is 1. The van der Waals surface area contributed by atoms with Gasteiger partial charge in [0.25, 0.3) is 0 Å². The van der Waals surface area contributed by atoms with Crippen LogP contribution in [0.5, 0.6) is 0 Å². The smallest absolute Gasteiger partial charge is 0.201 e. The minimum absolute atomic E-state index is 0.177. The summed E-state index contributed by atoms with van der Waals surface area (Å²) in [7, 11) is 0. The number of halogens is 1. The molecule has 0 aliphatic rings. The number of hydrogen-bond donors (Lipinski definition) is 1. The molecule has 1 aromatic carbocycles. The Hall–Kier alpha value is -1.58. The van der Waals surface area contributed by atoms with Crippen molar-refractivity contribution in [3.05, 3.63) is 24.0 Å². The zero-order valence-electron chi connectivity index (χ0n) is 11.4. The maximum atomic E-state index is 13.6. The van der Waals surface area contributed by atoms with Crippen LogP contribution in [0.1, 0.15) is 27.7 Å². The predicted molar refractivity (Wildman–Crippen MR) is 72.7 cm³/mol. The number of nitrogen functional groups attached to an aromatic ring is 1. The molecule has 0 saturated heterocycles. The van der Waals surface area contributed by atoms with Crippen LogP contribution in [0.2, 0.25) is 0 Å². The Morgan fingerprint density at radius 3 is 2.67 bits per heavy atom. The molecule has 2 N–H and O–H groups in total. The lowest BCUT2D eigenvalue weighted by Gasteiger charge is -2.28. The number of para-hydroxylation sites is 1. The summed E-state index contributed by atoms with van der Waals surface area (Å²) in [4.78, 5) is 4.11. The highest BCUT2D eigenvalue weighted by atomic mass is 19.1. The highest BCUT2D eigenvalue weighted by molar-refractivity contribution is 5.78. The van der Waals surface area contributed by atoms with Crippen molar-refractivity contribution in [3.8, 4) is 0 Å². The molecule has 1 atom stereocenters. The Labute approximate surface area is 107 Å². The fourth-order valence-electron chi connectivity index (χ4n) is 1.87. The van der Waals surface area contributed by atoms with Gasteiger partial charge in [-0.3, -0.25) is 0 Å². The van der Waals surface area contributed by atoms with Gasteiger partial charge in [-0.15, -0.1) is 0 Å². The third kappa shape index (κ3) is 2.19. The summed E-state index contributed by atoms with van der Waals surface area (Å²) in [6.07, 6.45) is 0. The molecule has 0 aliphatic carbocycles. The summed E-state index contributed by atoms with van der Waals surface area (Å²) in [5.74, 6) is 0.480. The molecule has 1 heterocycles. The van der Waals surface area contributed by atoms with Gasteiger partial charge in [0.1, 0.15) is 5.52 Å². The van der Waals surface area contributed by atoms with E-state index in [-0.39, 0.29) is 11.2 Å². The van der Waals surface area contributed by atoms with Crippen LogP contribution in [0, 0.1) is 17.2 Å². The summed E-state index contributed by atoms with van der Waals surface area (Å²) in [5.41, 5.74) is 7.20. The molecule has 0 fully saturated rings. The third-order valence-corrected chi connectivity index (χ3v) is 3.69. The Bertz CT molecular complexity index is 566. The van der Waals surface area contributed by atoms with Gasteiger partial charge in [-0.2, -0.15) is 0 Å². The van der Waals surface area contributed by atoms with Crippen LogP contribution in [0.4, 0.5) is 10.3 Å². The van der Waals surface area contributed by atoms with Crippen LogP contribution in [0.15, 0.2) is 18.2 Å². The van der Waals surface area contributed by atoms with E-state index in [1.165, 1.54) is 6.07 Å². The molecule has 4 heteroatoms. The van der Waals surface area contributed by atoms with Gasteiger partial charge >= 0.3 is 0 Å². The number of aromatic nitrogens is 2. The highest BCUT2D eigenvalue weighted by Gasteiger charge is 2.22. The van der Waals surface area contributed by atoms with E-state index >= 15 is 0 Å². The monoisotopic (exact) mass is 249 g/mol. The molecule has 1 unspecified atom stereocenters. The van der Waals surface area contributed by atoms with E-state index in [1.54, 1.807) is 6.07 Å². The van der Waals surface area contributed by atoms with Crippen molar-refractivity contribution in [1.29, 1.82) is 0 Å². The van der Waals surface area contributed by atoms with E-state index in [1.807, 2.05) is 10.6 Å². The number of nitrogens with two attached hydrogens (primary N) is 1. The second kappa shape index (κ2) is 4.26. The molecule has 0 spiro atoms. The van der Waals surface area contributed by atoms with Gasteiger partial charge in [0, 0.05) is 6.54 Å². The molecule has 0 bridgehead atoms. The zero-order valence-corrected chi connectivity index (χ0v) is 11.4. The fraction of sp³-hybridized carbons (Fsp3) is 0.500. The number of anilines is 1. The Kier molecular flexibility index (Phi) is 3.05. The first-order chi connectivity index (χ1) is 8.30. The first kappa shape index (κ1) is 12.9. The van der Waals surface area contributed by atoms with Crippen LogP contribution in [0.25, 0.3) is 11.0 Å². The largest absolute Gasteiger partial charge is 0.369 e. The second-order valence-corrected chi connectivity index (χ2v) is 5.96. The van der Waals surface area contributed by atoms with Gasteiger partial charge in [0.2, 0.25) is 5.95 Å². The maximum absolute atomic E-state index is 13.6. The number of nitrogens with zero attached hydrogens (tertiary/aromatic N) is 2. The van der Waals surface area contributed by atoms with Gasteiger partial charge in [-0.1, -0.05) is 33.8 Å². The second-order valence-electron chi connectivity index (χ2n) is 5.96. The molecule has 0 aliphatic heterocycles. The molecule has 0 amide bonds. The summed E-state index contributed by atoms with van der Waals surface area (Å²) < 4.78 is 15.5. The SMILES string of the molecule is CC(Cn1c(N)nc2c(F)cccc21)C(C)(C)C. The Morgan fingerprint density at radius 1 is 1.39 bits per heavy atom. The molecular weight excluding hydrogens is 229 g/mol. The van der Waals surface area contributed by atoms with Crippen molar-refractivity contribution < 1.29 is 4.39 Å². The molecule has 2 aromatic rings. The van der Waals surface area contributed by atoms with Gasteiger partial charge in [-0.05, 0) is 23.5 Å². The first-order valence-electron chi connectivity index (χ1n) is 6.21. The molecule has 18 heavy (non-hydrogen) atoms. The normalized spacial score (nSPS) is 14.1. The van der Waals surface area contributed by atoms with Crippen molar-refractivity contribution in [2.45, 2.75) is 34.2 Å². The van der Waals surface area contributed by atoms with Gasteiger partial charge in [0.05, 0.1) is 5.52 Å². The third-order valence-electron chi connectivity index (χ3n) is 3.69. The lowest BCUT2D eigenvalue weighted by Crippen LogP contribution is -2.23. The van der Waals surface area contributed by atoms with Crippen molar-refractivity contribution in [2.75, 3.05) is 5.73 Å². The minimum Gasteiger partial charge on any atom is -0.369 e. The number of hydrogen-bond acceptors (Lipinski definition) is 2. The fourth-order valence-corrected chi connectivity index (χ4v) is 1.87. The molecule has 2 rings (SSSR count). The van der Waals surface area contributed by atoms with E-state index in [9.17, 15) is 4.39 Å². The van der Waals surface area contributed by atoms with Crippen LogP contribution in [0.3, 0.4) is 0 Å². The highest BCUT2D eigenvalue weighted by Crippen LogP contribution is 2.29. The van der Waals surface area contributed by atoms with E-state index in [2.05, 4.69) is 32.7 Å². The van der Waals surface area contributed by atoms with Crippen LogP contribution < -0.4 is 5.73 Å². The standard InChI is InChI=1S/C14H20FN3/c1-9(14(2,3)4)8-18-11-7-5-6-10(15)12(11)17-13(18)16/h5-7,9H,8H2,1-4H3,(H2,16,17). The first-order valence-corrected chi connectivity index (χ1v) is 6.21. The summed E-state index contributed by atoms with van der Waals surface area (Å²) in [6, 6.07) is 4.96. The van der Waals surface area contributed by atoms with Gasteiger partial charge in [-0.25, -0.2) is 9.37 Å². The van der Waals surface area contributed by atoms with Crippen LogP contribution in [-0.4, -0.2) is 9.55 Å². The average Bonchev–Trinajstić information content (AvgIpc) is 2.57. The van der Waals surface area contributed by atoms with Gasteiger partial charge < -0.3 is 10.3 Å². The minimum atomic E-state index is -0.318. The summed E-state index contributed by atoms with van der Waals surface area (Å²) in [5, 5.41) is 0. The van der Waals surface area contributed by atoms with Crippen molar-refractivity contribution in [2.24, 2.45) is 11.3 Å². The van der Waals surface area contributed by atoms with Crippen molar-refractivity contribution in [3.63, 3.8) is 0 Å². The predicted octanol–water partition coefficient (Wildman–Crippen LogP) is 3.44.